The number of fused-ring (bicyclic) bond motifs is 1. The van der Waals surface area contributed by atoms with Crippen molar-refractivity contribution in [3.05, 3.63) is 29.8 Å². The fourth-order valence-corrected chi connectivity index (χ4v) is 5.98. The maximum absolute atomic E-state index is 13.7. The molecule has 13 heteroatoms. The number of hydrogen-bond acceptors (Lipinski definition) is 9. The van der Waals surface area contributed by atoms with Crippen LogP contribution in [-0.4, -0.2) is 73.4 Å². The standard InChI is InChI=1S/C33H49N5O8/c1-4-6-7-8-26(39)36-25(28(40)37-27(21(3)5-2)29(41)38-33-18-32(33,19-33)30(34)42)17-22-9-11-23(12-10-22)44-20-45-31(43)46-24-13-15-35-16-14-24/h9-12,21,24-25,27,35H,4-8,13-20H2,1-3H3,(H2,34,42)(H,36,39)(H,37,40)(H,38,41). The zero-order valence-corrected chi connectivity index (χ0v) is 27.2. The van der Waals surface area contributed by atoms with E-state index in [1.807, 2.05) is 20.8 Å². The van der Waals surface area contributed by atoms with Crippen LogP contribution in [0.2, 0.25) is 0 Å². The molecule has 254 valence electrons. The van der Waals surface area contributed by atoms with Crippen LogP contribution in [0.15, 0.2) is 24.3 Å². The molecule has 3 fully saturated rings. The van der Waals surface area contributed by atoms with Crippen LogP contribution in [0.4, 0.5) is 4.79 Å². The van der Waals surface area contributed by atoms with Gasteiger partial charge in [-0.25, -0.2) is 4.79 Å². The van der Waals surface area contributed by atoms with Crippen molar-refractivity contribution in [3.63, 3.8) is 0 Å². The lowest BCUT2D eigenvalue weighted by atomic mass is 9.97. The van der Waals surface area contributed by atoms with E-state index in [0.29, 0.717) is 31.4 Å². The highest BCUT2D eigenvalue weighted by Crippen LogP contribution is 2.78. The van der Waals surface area contributed by atoms with Crippen molar-refractivity contribution in [1.82, 2.24) is 21.3 Å². The Morgan fingerprint density at radius 1 is 1.00 bits per heavy atom. The molecule has 4 rings (SSSR count). The lowest BCUT2D eigenvalue weighted by Gasteiger charge is -2.27. The highest BCUT2D eigenvalue weighted by Gasteiger charge is 2.87. The van der Waals surface area contributed by atoms with Crippen molar-refractivity contribution in [2.75, 3.05) is 19.9 Å². The lowest BCUT2D eigenvalue weighted by Crippen LogP contribution is -2.57. The Morgan fingerprint density at radius 2 is 1.70 bits per heavy atom. The minimum Gasteiger partial charge on any atom is -0.457 e. The lowest BCUT2D eigenvalue weighted by molar-refractivity contribution is -0.133. The molecule has 0 bridgehead atoms. The molecule has 2 aliphatic carbocycles. The predicted octanol–water partition coefficient (Wildman–Crippen LogP) is 2.20. The highest BCUT2D eigenvalue weighted by atomic mass is 16.8. The van der Waals surface area contributed by atoms with E-state index >= 15 is 0 Å². The third-order valence-corrected chi connectivity index (χ3v) is 9.47. The van der Waals surface area contributed by atoms with Crippen LogP contribution >= 0.6 is 0 Å². The molecule has 1 aromatic carbocycles. The zero-order valence-electron chi connectivity index (χ0n) is 27.2. The maximum Gasteiger partial charge on any atom is 0.511 e. The molecule has 3 aliphatic rings. The fourth-order valence-electron chi connectivity index (χ4n) is 5.98. The molecule has 1 saturated heterocycles. The molecule has 2 saturated carbocycles. The van der Waals surface area contributed by atoms with Crippen molar-refractivity contribution >= 4 is 29.8 Å². The molecule has 1 aliphatic heterocycles. The number of piperidine rings is 1. The van der Waals surface area contributed by atoms with Crippen molar-refractivity contribution < 1.29 is 38.2 Å². The molecule has 0 radical (unpaired) electrons. The number of benzene rings is 1. The van der Waals surface area contributed by atoms with Gasteiger partial charge in [-0.3, -0.25) is 19.2 Å². The Morgan fingerprint density at radius 3 is 2.30 bits per heavy atom. The molecule has 6 N–H and O–H groups in total. The summed E-state index contributed by atoms with van der Waals surface area (Å²) in [5, 5.41) is 11.9. The molecular weight excluding hydrogens is 594 g/mol. The molecular formula is C33H49N5O8. The quantitative estimate of drug-likeness (QED) is 0.0908. The summed E-state index contributed by atoms with van der Waals surface area (Å²) in [6, 6.07) is 5.09. The molecule has 1 heterocycles. The monoisotopic (exact) mass is 643 g/mol. The number of amides is 4. The van der Waals surface area contributed by atoms with Crippen LogP contribution in [0, 0.1) is 11.3 Å². The number of nitrogens with one attached hydrogen (secondary N) is 4. The second kappa shape index (κ2) is 15.6. The van der Waals surface area contributed by atoms with Crippen LogP contribution < -0.4 is 31.7 Å². The van der Waals surface area contributed by atoms with E-state index in [0.717, 1.165) is 44.3 Å². The molecule has 46 heavy (non-hydrogen) atoms. The van der Waals surface area contributed by atoms with Gasteiger partial charge in [0.25, 0.3) is 0 Å². The Labute approximate surface area is 270 Å². The van der Waals surface area contributed by atoms with Gasteiger partial charge in [0.15, 0.2) is 0 Å². The van der Waals surface area contributed by atoms with Gasteiger partial charge >= 0.3 is 6.16 Å². The van der Waals surface area contributed by atoms with E-state index in [2.05, 4.69) is 21.3 Å². The van der Waals surface area contributed by atoms with Crippen molar-refractivity contribution in [1.29, 1.82) is 0 Å². The zero-order chi connectivity index (χ0) is 33.3. The predicted molar refractivity (Wildman–Crippen MR) is 168 cm³/mol. The third-order valence-electron chi connectivity index (χ3n) is 9.47. The van der Waals surface area contributed by atoms with Crippen molar-refractivity contribution in [2.24, 2.45) is 17.1 Å². The number of carbonyl (C=O) groups excluding carboxylic acids is 5. The van der Waals surface area contributed by atoms with Gasteiger partial charge in [0.05, 0.1) is 11.0 Å². The van der Waals surface area contributed by atoms with Gasteiger partial charge in [-0.15, -0.1) is 0 Å². The van der Waals surface area contributed by atoms with E-state index in [-0.39, 0.29) is 43.5 Å². The fraction of sp³-hybridized carbons (Fsp3) is 0.667. The minimum absolute atomic E-state index is 0.169. The Bertz CT molecular complexity index is 1240. The van der Waals surface area contributed by atoms with Gasteiger partial charge in [0.2, 0.25) is 30.4 Å². The first-order valence-electron chi connectivity index (χ1n) is 16.5. The summed E-state index contributed by atoms with van der Waals surface area (Å²) in [6.07, 6.45) is 5.22. The SMILES string of the molecule is CCCCCC(=O)NC(Cc1ccc(OCOC(=O)OC2CCNCC2)cc1)C(=O)NC(C(=O)NC12CC1(C(N)=O)C2)C(C)CC. The molecule has 13 nitrogen and oxygen atoms in total. The maximum atomic E-state index is 13.7. The number of primary amides is 1. The number of rotatable bonds is 18. The van der Waals surface area contributed by atoms with Crippen LogP contribution in [0.3, 0.4) is 0 Å². The second-order valence-corrected chi connectivity index (χ2v) is 12.9. The smallest absolute Gasteiger partial charge is 0.457 e. The first kappa shape index (κ1) is 35.0. The summed E-state index contributed by atoms with van der Waals surface area (Å²) in [6.45, 7) is 7.11. The van der Waals surface area contributed by atoms with E-state index in [9.17, 15) is 24.0 Å². The number of unbranched alkanes of at least 4 members (excludes halogenated alkanes) is 2. The number of hydrogen-bond donors (Lipinski definition) is 5. The average molecular weight is 644 g/mol. The van der Waals surface area contributed by atoms with Crippen LogP contribution in [-0.2, 0) is 35.1 Å². The normalized spacial score (nSPS) is 23.5. The van der Waals surface area contributed by atoms with Crippen LogP contribution in [0.1, 0.15) is 84.1 Å². The largest absolute Gasteiger partial charge is 0.511 e. The number of carbonyl (C=O) groups is 5. The third kappa shape index (κ3) is 8.89. The topological polar surface area (TPSA) is 187 Å². The van der Waals surface area contributed by atoms with Crippen molar-refractivity contribution in [3.8, 4) is 5.75 Å². The Kier molecular flexibility index (Phi) is 11.9. The van der Waals surface area contributed by atoms with E-state index in [1.165, 1.54) is 0 Å². The van der Waals surface area contributed by atoms with Crippen LogP contribution in [0.25, 0.3) is 0 Å². The summed E-state index contributed by atoms with van der Waals surface area (Å²) in [5.41, 5.74) is 5.02. The van der Waals surface area contributed by atoms with Gasteiger partial charge in [0, 0.05) is 12.8 Å². The van der Waals surface area contributed by atoms with Crippen molar-refractivity contribution in [2.45, 2.75) is 109 Å². The van der Waals surface area contributed by atoms with E-state index < -0.39 is 41.0 Å². The molecule has 1 aromatic rings. The Balaban J connectivity index is 1.34. The first-order valence-corrected chi connectivity index (χ1v) is 16.5. The van der Waals surface area contributed by atoms with Gasteiger partial charge in [-0.1, -0.05) is 52.2 Å². The average Bonchev–Trinajstić information content (AvgIpc) is 3.88. The minimum atomic E-state index is -0.932. The highest BCUT2D eigenvalue weighted by molar-refractivity contribution is 5.97. The summed E-state index contributed by atoms with van der Waals surface area (Å²) in [7, 11) is 0. The molecule has 0 spiro atoms. The summed E-state index contributed by atoms with van der Waals surface area (Å²) in [4.78, 5) is 63.6. The number of nitrogens with two attached hydrogens (primary N) is 1. The van der Waals surface area contributed by atoms with Gasteiger partial charge in [-0.2, -0.15) is 0 Å². The second-order valence-electron chi connectivity index (χ2n) is 12.9. The van der Waals surface area contributed by atoms with Gasteiger partial charge in [-0.05, 0) is 68.8 Å². The summed E-state index contributed by atoms with van der Waals surface area (Å²) in [5.74, 6) is -1.25. The molecule has 3 atom stereocenters. The summed E-state index contributed by atoms with van der Waals surface area (Å²) < 4.78 is 15.8. The Hall–Kier alpha value is -3.87. The summed E-state index contributed by atoms with van der Waals surface area (Å²) >= 11 is 0. The van der Waals surface area contributed by atoms with Gasteiger partial charge < -0.3 is 41.2 Å². The van der Waals surface area contributed by atoms with Crippen LogP contribution in [0.5, 0.6) is 5.75 Å². The van der Waals surface area contributed by atoms with E-state index in [4.69, 9.17) is 19.9 Å². The first-order chi connectivity index (χ1) is 22.0. The van der Waals surface area contributed by atoms with Gasteiger partial charge in [0.1, 0.15) is 23.9 Å². The van der Waals surface area contributed by atoms with E-state index in [1.54, 1.807) is 24.3 Å². The molecule has 4 amide bonds. The molecule has 0 aromatic heterocycles. The molecule has 3 unspecified atom stereocenters. The number of ether oxygens (including phenoxy) is 3.